The quantitative estimate of drug-likeness (QED) is 0.791. The highest BCUT2D eigenvalue weighted by molar-refractivity contribution is 8.00. The summed E-state index contributed by atoms with van der Waals surface area (Å²) >= 11 is 1.80. The van der Waals surface area contributed by atoms with Crippen LogP contribution in [-0.2, 0) is 6.18 Å². The lowest BCUT2D eigenvalue weighted by molar-refractivity contribution is -0.138. The molecule has 2 bridgehead atoms. The van der Waals surface area contributed by atoms with Crippen LogP contribution in [0.25, 0.3) is 0 Å². The van der Waals surface area contributed by atoms with Crippen LogP contribution in [0.1, 0.15) is 22.3 Å². The van der Waals surface area contributed by atoms with E-state index < -0.39 is 17.6 Å². The van der Waals surface area contributed by atoms with Crippen LogP contribution in [0.5, 0.6) is 0 Å². The third kappa shape index (κ3) is 2.22. The topological polar surface area (TPSA) is 20.3 Å². The van der Waals surface area contributed by atoms with E-state index in [1.165, 1.54) is 18.2 Å². The Bertz CT molecular complexity index is 517. The Morgan fingerprint density at radius 2 is 2.05 bits per heavy atom. The van der Waals surface area contributed by atoms with E-state index in [4.69, 9.17) is 0 Å². The normalized spacial score (nSPS) is 25.9. The Balaban J connectivity index is 1.92. The average Bonchev–Trinajstić information content (AvgIpc) is 2.99. The summed E-state index contributed by atoms with van der Waals surface area (Å²) in [5.41, 5.74) is -1.07. The van der Waals surface area contributed by atoms with Crippen molar-refractivity contribution in [1.82, 2.24) is 4.90 Å². The third-order valence-corrected chi connectivity index (χ3v) is 5.01. The Morgan fingerprint density at radius 1 is 1.32 bits per heavy atom. The lowest BCUT2D eigenvalue weighted by atomic mass is 10.1. The molecule has 2 heterocycles. The Labute approximate surface area is 113 Å². The number of thioether (sulfide) groups is 1. The van der Waals surface area contributed by atoms with Gasteiger partial charge in [0, 0.05) is 23.6 Å². The van der Waals surface area contributed by atoms with E-state index in [2.05, 4.69) is 0 Å². The summed E-state index contributed by atoms with van der Waals surface area (Å²) in [6, 6.07) is 5.13. The van der Waals surface area contributed by atoms with Crippen LogP contribution in [0.2, 0.25) is 0 Å². The minimum atomic E-state index is -4.49. The molecule has 0 spiro atoms. The van der Waals surface area contributed by atoms with Gasteiger partial charge in [0.25, 0.3) is 5.91 Å². The van der Waals surface area contributed by atoms with Gasteiger partial charge < -0.3 is 4.90 Å². The van der Waals surface area contributed by atoms with Gasteiger partial charge in [-0.2, -0.15) is 24.9 Å². The molecule has 2 aliphatic heterocycles. The molecular weight excluding hydrogens is 275 g/mol. The first-order valence-corrected chi connectivity index (χ1v) is 7.10. The lowest BCUT2D eigenvalue weighted by Crippen LogP contribution is -2.40. The zero-order valence-corrected chi connectivity index (χ0v) is 10.8. The summed E-state index contributed by atoms with van der Waals surface area (Å²) in [6.07, 6.45) is -3.58. The maximum absolute atomic E-state index is 12.9. The van der Waals surface area contributed by atoms with Gasteiger partial charge in [-0.25, -0.2) is 0 Å². The highest BCUT2D eigenvalue weighted by Gasteiger charge is 2.43. The number of hydrogen-bond donors (Lipinski definition) is 0. The molecule has 2 fully saturated rings. The number of carbonyl (C=O) groups excluding carboxylic acids is 1. The van der Waals surface area contributed by atoms with Crippen LogP contribution in [0.4, 0.5) is 13.2 Å². The van der Waals surface area contributed by atoms with Gasteiger partial charge in [-0.15, -0.1) is 0 Å². The van der Waals surface area contributed by atoms with Crippen LogP contribution in [-0.4, -0.2) is 34.4 Å². The molecule has 0 aliphatic carbocycles. The largest absolute Gasteiger partial charge is 0.417 e. The molecule has 0 N–H and O–H groups in total. The first-order chi connectivity index (χ1) is 8.97. The first kappa shape index (κ1) is 12.8. The van der Waals surface area contributed by atoms with Crippen molar-refractivity contribution in [3.05, 3.63) is 35.4 Å². The van der Waals surface area contributed by atoms with Crippen molar-refractivity contribution in [3.63, 3.8) is 0 Å². The summed E-state index contributed by atoms with van der Waals surface area (Å²) in [4.78, 5) is 13.9. The third-order valence-electron chi connectivity index (χ3n) is 3.62. The molecule has 0 radical (unpaired) electrons. The fraction of sp³-hybridized carbons (Fsp3) is 0.462. The van der Waals surface area contributed by atoms with Gasteiger partial charge in [0.1, 0.15) is 0 Å². The molecule has 2 nitrogen and oxygen atoms in total. The number of halogens is 3. The minimum absolute atomic E-state index is 0.101. The molecule has 102 valence electrons. The number of carbonyl (C=O) groups is 1. The van der Waals surface area contributed by atoms with Gasteiger partial charge in [0.05, 0.1) is 11.1 Å². The van der Waals surface area contributed by atoms with Crippen LogP contribution < -0.4 is 0 Å². The van der Waals surface area contributed by atoms with Crippen LogP contribution in [0.3, 0.4) is 0 Å². The lowest BCUT2D eigenvalue weighted by Gasteiger charge is -2.27. The number of alkyl halides is 3. The second-order valence-electron chi connectivity index (χ2n) is 4.85. The van der Waals surface area contributed by atoms with Crippen molar-refractivity contribution in [1.29, 1.82) is 0 Å². The molecule has 19 heavy (non-hydrogen) atoms. The Kier molecular flexibility index (Phi) is 3.00. The van der Waals surface area contributed by atoms with Crippen LogP contribution in [0.15, 0.2) is 24.3 Å². The fourth-order valence-electron chi connectivity index (χ4n) is 2.72. The molecule has 1 aromatic rings. The Hall–Kier alpha value is -1.17. The molecule has 1 aromatic carbocycles. The van der Waals surface area contributed by atoms with Crippen molar-refractivity contribution in [2.45, 2.75) is 23.9 Å². The number of benzene rings is 1. The predicted octanol–water partition coefficient (Wildman–Crippen LogP) is 3.04. The summed E-state index contributed by atoms with van der Waals surface area (Å²) in [5, 5.41) is 0.395. The fourth-order valence-corrected chi connectivity index (χ4v) is 4.15. The van der Waals surface area contributed by atoms with E-state index in [1.54, 1.807) is 16.7 Å². The van der Waals surface area contributed by atoms with Crippen molar-refractivity contribution in [3.8, 4) is 0 Å². The molecule has 1 amide bonds. The number of rotatable bonds is 1. The second kappa shape index (κ2) is 4.44. The van der Waals surface area contributed by atoms with E-state index in [-0.39, 0.29) is 11.6 Å². The molecular formula is C13H12F3NOS. The van der Waals surface area contributed by atoms with Gasteiger partial charge in [0.15, 0.2) is 0 Å². The molecule has 3 rings (SSSR count). The van der Waals surface area contributed by atoms with Crippen molar-refractivity contribution >= 4 is 17.7 Å². The van der Waals surface area contributed by atoms with Crippen LogP contribution in [0, 0.1) is 0 Å². The number of hydrogen-bond acceptors (Lipinski definition) is 2. The molecule has 6 heteroatoms. The number of nitrogens with zero attached hydrogens (tertiary/aromatic N) is 1. The minimum Gasteiger partial charge on any atom is -0.334 e. The first-order valence-electron chi connectivity index (χ1n) is 6.05. The standard InChI is InChI=1S/C13H12F3NOS/c14-13(15,16)11-4-2-1-3-10(11)12(18)17-6-9-5-8(17)7-19-9/h1-4,8-9H,5-7H2. The summed E-state index contributed by atoms with van der Waals surface area (Å²) < 4.78 is 38.7. The molecule has 2 unspecified atom stereocenters. The summed E-state index contributed by atoms with van der Waals surface area (Å²) in [5.74, 6) is 0.352. The SMILES string of the molecule is O=C(c1ccccc1C(F)(F)F)N1CC2CC1CS2. The van der Waals surface area contributed by atoms with E-state index in [0.717, 1.165) is 18.2 Å². The van der Waals surface area contributed by atoms with E-state index in [1.807, 2.05) is 0 Å². The van der Waals surface area contributed by atoms with Crippen molar-refractivity contribution < 1.29 is 18.0 Å². The van der Waals surface area contributed by atoms with Gasteiger partial charge in [-0.3, -0.25) is 4.79 Å². The smallest absolute Gasteiger partial charge is 0.334 e. The molecule has 2 aliphatic rings. The zero-order chi connectivity index (χ0) is 13.6. The van der Waals surface area contributed by atoms with Crippen LogP contribution >= 0.6 is 11.8 Å². The maximum Gasteiger partial charge on any atom is 0.417 e. The highest BCUT2D eigenvalue weighted by Crippen LogP contribution is 2.39. The molecule has 2 atom stereocenters. The summed E-state index contributed by atoms with van der Waals surface area (Å²) in [6.45, 7) is 0.570. The van der Waals surface area contributed by atoms with E-state index >= 15 is 0 Å². The molecule has 0 saturated carbocycles. The Morgan fingerprint density at radius 3 is 2.63 bits per heavy atom. The number of amides is 1. The maximum atomic E-state index is 12.9. The molecule has 0 aromatic heterocycles. The van der Waals surface area contributed by atoms with Gasteiger partial charge in [0.2, 0.25) is 0 Å². The number of fused-ring (bicyclic) bond motifs is 2. The predicted molar refractivity (Wildman–Crippen MR) is 67.1 cm³/mol. The van der Waals surface area contributed by atoms with E-state index in [9.17, 15) is 18.0 Å². The average molecular weight is 287 g/mol. The second-order valence-corrected chi connectivity index (χ2v) is 6.18. The van der Waals surface area contributed by atoms with Gasteiger partial charge in [-0.1, -0.05) is 12.1 Å². The zero-order valence-electron chi connectivity index (χ0n) is 9.98. The van der Waals surface area contributed by atoms with Crippen molar-refractivity contribution in [2.75, 3.05) is 12.3 Å². The van der Waals surface area contributed by atoms with Gasteiger partial charge in [-0.05, 0) is 18.6 Å². The molecule has 2 saturated heterocycles. The summed E-state index contributed by atoms with van der Waals surface area (Å²) in [7, 11) is 0. The number of likely N-dealkylation sites (tertiary alicyclic amines) is 1. The van der Waals surface area contributed by atoms with Crippen molar-refractivity contribution in [2.24, 2.45) is 0 Å². The highest BCUT2D eigenvalue weighted by atomic mass is 32.2. The van der Waals surface area contributed by atoms with E-state index in [0.29, 0.717) is 11.8 Å². The van der Waals surface area contributed by atoms with Gasteiger partial charge >= 0.3 is 6.18 Å². The monoisotopic (exact) mass is 287 g/mol.